The standard InChI is InChI=1S/C27H25/c1-21(14-17-26-12-7-11-25-10-5-6-13-27(25)26)20-22-15-18-24(19-16-22)23-8-3-2-4-9-23/h2-13,15-19,21H,14,20H2,1H3. The summed E-state index contributed by atoms with van der Waals surface area (Å²) in [6.07, 6.45) is 4.59. The molecule has 27 heavy (non-hydrogen) atoms. The van der Waals surface area contributed by atoms with Crippen LogP contribution in [0.5, 0.6) is 0 Å². The van der Waals surface area contributed by atoms with Crippen molar-refractivity contribution < 1.29 is 0 Å². The zero-order valence-corrected chi connectivity index (χ0v) is 15.8. The average molecular weight is 349 g/mol. The molecule has 0 aliphatic rings. The van der Waals surface area contributed by atoms with Gasteiger partial charge < -0.3 is 0 Å². The lowest BCUT2D eigenvalue weighted by Gasteiger charge is -2.13. The minimum atomic E-state index is 0.617. The van der Waals surface area contributed by atoms with Crippen molar-refractivity contribution in [3.05, 3.63) is 115 Å². The van der Waals surface area contributed by atoms with Gasteiger partial charge in [0, 0.05) is 0 Å². The maximum atomic E-state index is 2.39. The molecule has 0 heteroatoms. The van der Waals surface area contributed by atoms with Crippen molar-refractivity contribution in [1.29, 1.82) is 0 Å². The number of benzene rings is 4. The molecule has 1 atom stereocenters. The Balaban J connectivity index is 1.38. The molecule has 0 heterocycles. The van der Waals surface area contributed by atoms with Crippen LogP contribution in [0.25, 0.3) is 21.9 Å². The number of hydrogen-bond acceptors (Lipinski definition) is 0. The topological polar surface area (TPSA) is 0 Å². The first kappa shape index (κ1) is 17.5. The fourth-order valence-electron chi connectivity index (χ4n) is 3.71. The van der Waals surface area contributed by atoms with Crippen LogP contribution in [0.15, 0.2) is 97.1 Å². The highest BCUT2D eigenvalue weighted by molar-refractivity contribution is 5.86. The molecule has 0 amide bonds. The maximum absolute atomic E-state index is 2.39. The van der Waals surface area contributed by atoms with Crippen molar-refractivity contribution in [1.82, 2.24) is 0 Å². The molecule has 0 aromatic heterocycles. The summed E-state index contributed by atoms with van der Waals surface area (Å²) in [6, 6.07) is 34.8. The van der Waals surface area contributed by atoms with Crippen molar-refractivity contribution >= 4 is 10.8 Å². The average Bonchev–Trinajstić information content (AvgIpc) is 2.73. The summed E-state index contributed by atoms with van der Waals surface area (Å²) in [7, 11) is 0. The fourth-order valence-corrected chi connectivity index (χ4v) is 3.71. The van der Waals surface area contributed by atoms with Crippen molar-refractivity contribution in [3.63, 3.8) is 0 Å². The smallest absolute Gasteiger partial charge is 0.00840 e. The van der Waals surface area contributed by atoms with Gasteiger partial charge in [0.15, 0.2) is 0 Å². The van der Waals surface area contributed by atoms with E-state index < -0.39 is 0 Å². The van der Waals surface area contributed by atoms with Crippen LogP contribution in [-0.2, 0) is 6.42 Å². The van der Waals surface area contributed by atoms with Crippen LogP contribution in [0.3, 0.4) is 0 Å². The van der Waals surface area contributed by atoms with E-state index in [1.54, 1.807) is 0 Å². The number of fused-ring (bicyclic) bond motifs is 1. The van der Waals surface area contributed by atoms with E-state index in [9.17, 15) is 0 Å². The van der Waals surface area contributed by atoms with Gasteiger partial charge >= 0.3 is 0 Å². The quantitative estimate of drug-likeness (QED) is 0.342. The first-order valence-corrected chi connectivity index (χ1v) is 9.75. The summed E-state index contributed by atoms with van der Waals surface area (Å²) >= 11 is 0. The van der Waals surface area contributed by atoms with Crippen molar-refractivity contribution in [2.75, 3.05) is 0 Å². The van der Waals surface area contributed by atoms with Gasteiger partial charge in [-0.3, -0.25) is 0 Å². The van der Waals surface area contributed by atoms with Gasteiger partial charge in [-0.1, -0.05) is 104 Å². The van der Waals surface area contributed by atoms with E-state index in [4.69, 9.17) is 0 Å². The molecule has 1 unspecified atom stereocenters. The van der Waals surface area contributed by atoms with E-state index in [0.717, 1.165) is 12.8 Å². The molecule has 0 aliphatic heterocycles. The Hall–Kier alpha value is -2.86. The molecule has 0 N–H and O–H groups in total. The van der Waals surface area contributed by atoms with Crippen LogP contribution < -0.4 is 0 Å². The summed E-state index contributed by atoms with van der Waals surface area (Å²) in [6.45, 7) is 2.34. The second-order valence-electron chi connectivity index (χ2n) is 7.38. The molecule has 0 spiro atoms. The minimum absolute atomic E-state index is 0.617. The van der Waals surface area contributed by atoms with Crippen LogP contribution in [0.2, 0.25) is 0 Å². The lowest BCUT2D eigenvalue weighted by atomic mass is 9.92. The molecule has 0 aliphatic carbocycles. The van der Waals surface area contributed by atoms with E-state index >= 15 is 0 Å². The van der Waals surface area contributed by atoms with Gasteiger partial charge in [-0.15, -0.1) is 0 Å². The molecule has 1 radical (unpaired) electrons. The van der Waals surface area contributed by atoms with E-state index in [1.807, 2.05) is 0 Å². The molecule has 0 bridgehead atoms. The molecule has 0 saturated carbocycles. The number of rotatable bonds is 6. The molecule has 0 fully saturated rings. The van der Waals surface area contributed by atoms with Gasteiger partial charge in [0.1, 0.15) is 0 Å². The van der Waals surface area contributed by atoms with Crippen molar-refractivity contribution in [2.45, 2.75) is 19.8 Å². The third kappa shape index (κ3) is 4.28. The largest absolute Gasteiger partial charge is 0.0622 e. The summed E-state index contributed by atoms with van der Waals surface area (Å²) < 4.78 is 0. The molecule has 133 valence electrons. The Morgan fingerprint density at radius 2 is 1.33 bits per heavy atom. The molecular weight excluding hydrogens is 324 g/mol. The van der Waals surface area contributed by atoms with E-state index in [2.05, 4.69) is 110 Å². The van der Waals surface area contributed by atoms with Gasteiger partial charge in [-0.2, -0.15) is 0 Å². The predicted molar refractivity (Wildman–Crippen MR) is 117 cm³/mol. The minimum Gasteiger partial charge on any atom is -0.0622 e. The van der Waals surface area contributed by atoms with Crippen LogP contribution in [0, 0.1) is 12.3 Å². The second-order valence-corrected chi connectivity index (χ2v) is 7.38. The third-order valence-corrected chi connectivity index (χ3v) is 5.21. The Labute approximate surface area is 162 Å². The molecule has 0 saturated heterocycles. The number of hydrogen-bond donors (Lipinski definition) is 0. The normalized spacial score (nSPS) is 12.2. The lowest BCUT2D eigenvalue weighted by Crippen LogP contribution is -2.01. The van der Waals surface area contributed by atoms with E-state index in [-0.39, 0.29) is 0 Å². The molecule has 4 rings (SSSR count). The van der Waals surface area contributed by atoms with Gasteiger partial charge in [0.25, 0.3) is 0 Å². The first-order chi connectivity index (χ1) is 13.3. The zero-order valence-electron chi connectivity index (χ0n) is 15.8. The van der Waals surface area contributed by atoms with E-state index in [1.165, 1.54) is 33.0 Å². The Morgan fingerprint density at radius 3 is 2.15 bits per heavy atom. The molecular formula is C27H25. The summed E-state index contributed by atoms with van der Waals surface area (Å²) in [5, 5.41) is 2.66. The molecule has 4 aromatic rings. The second kappa shape index (κ2) is 8.22. The van der Waals surface area contributed by atoms with Gasteiger partial charge in [0.2, 0.25) is 0 Å². The summed E-state index contributed by atoms with van der Waals surface area (Å²) in [5.74, 6) is 0.617. The molecule has 4 aromatic carbocycles. The lowest BCUT2D eigenvalue weighted by molar-refractivity contribution is 0.575. The predicted octanol–water partition coefficient (Wildman–Crippen LogP) is 7.33. The highest BCUT2D eigenvalue weighted by Gasteiger charge is 2.07. The van der Waals surface area contributed by atoms with Crippen LogP contribution >= 0.6 is 0 Å². The van der Waals surface area contributed by atoms with Gasteiger partial charge in [-0.25, -0.2) is 0 Å². The summed E-state index contributed by atoms with van der Waals surface area (Å²) in [5.41, 5.74) is 5.32. The van der Waals surface area contributed by atoms with E-state index in [0.29, 0.717) is 5.92 Å². The third-order valence-electron chi connectivity index (χ3n) is 5.21. The Morgan fingerprint density at radius 1 is 0.667 bits per heavy atom. The van der Waals surface area contributed by atoms with Gasteiger partial charge in [-0.05, 0) is 58.2 Å². The van der Waals surface area contributed by atoms with Crippen molar-refractivity contribution in [3.8, 4) is 11.1 Å². The Kier molecular flexibility index (Phi) is 5.34. The van der Waals surface area contributed by atoms with Crippen molar-refractivity contribution in [2.24, 2.45) is 5.92 Å². The maximum Gasteiger partial charge on any atom is -0.00840 e. The highest BCUT2D eigenvalue weighted by Crippen LogP contribution is 2.24. The zero-order chi connectivity index (χ0) is 18.5. The monoisotopic (exact) mass is 349 g/mol. The highest BCUT2D eigenvalue weighted by atomic mass is 14.1. The van der Waals surface area contributed by atoms with Crippen LogP contribution in [0.4, 0.5) is 0 Å². The van der Waals surface area contributed by atoms with Crippen LogP contribution in [-0.4, -0.2) is 0 Å². The van der Waals surface area contributed by atoms with Crippen LogP contribution in [0.1, 0.15) is 24.5 Å². The molecule has 0 nitrogen and oxygen atoms in total. The first-order valence-electron chi connectivity index (χ1n) is 9.75. The fraction of sp³-hybridized carbons (Fsp3) is 0.148. The summed E-state index contributed by atoms with van der Waals surface area (Å²) in [4.78, 5) is 0. The van der Waals surface area contributed by atoms with Gasteiger partial charge in [0.05, 0.1) is 0 Å². The Bertz CT molecular complexity index is 992. The SMILES string of the molecule is CC(C[CH]c1cccc2ccccc12)Cc1ccc(-c2ccccc2)cc1.